The second kappa shape index (κ2) is 6.26. The molecule has 1 fully saturated rings. The van der Waals surface area contributed by atoms with Crippen molar-refractivity contribution in [3.8, 4) is 11.5 Å². The Morgan fingerprint density at radius 3 is 2.37 bits per heavy atom. The van der Waals surface area contributed by atoms with E-state index in [0.29, 0.717) is 12.2 Å². The van der Waals surface area contributed by atoms with Crippen LogP contribution in [0.1, 0.15) is 30.1 Å². The lowest BCUT2D eigenvalue weighted by Gasteiger charge is -2.15. The molecular weight excluding hydrogens is 388 g/mol. The number of rotatable bonds is 4. The molecule has 140 valence electrons. The molecule has 0 amide bonds. The number of hydrogen-bond donors (Lipinski definition) is 0. The molecule has 2 heterocycles. The molecule has 0 bridgehead atoms. The van der Waals surface area contributed by atoms with Crippen LogP contribution < -0.4 is 0 Å². The predicted molar refractivity (Wildman–Crippen MR) is 86.4 cm³/mol. The third-order valence-electron chi connectivity index (χ3n) is 4.50. The Morgan fingerprint density at radius 2 is 1.81 bits per heavy atom. The van der Waals surface area contributed by atoms with E-state index in [4.69, 9.17) is 11.6 Å². The highest BCUT2D eigenvalue weighted by Gasteiger charge is 2.45. The molecule has 0 saturated heterocycles. The Hall–Kier alpha value is -2.55. The summed E-state index contributed by atoms with van der Waals surface area (Å²) in [7, 11) is 0. The third kappa shape index (κ3) is 3.51. The van der Waals surface area contributed by atoms with E-state index in [1.807, 2.05) is 0 Å². The number of alkyl halides is 3. The molecule has 5 nitrogen and oxygen atoms in total. The van der Waals surface area contributed by atoms with Crippen molar-refractivity contribution in [3.63, 3.8) is 0 Å². The van der Waals surface area contributed by atoms with Crippen LogP contribution in [-0.2, 0) is 18.0 Å². The topological polar surface area (TPSA) is 64.7 Å². The highest BCUT2D eigenvalue weighted by molar-refractivity contribution is 6.30. The molecule has 3 aromatic rings. The van der Waals surface area contributed by atoms with Gasteiger partial charge in [-0.2, -0.15) is 13.2 Å². The van der Waals surface area contributed by atoms with Gasteiger partial charge in [0.05, 0.1) is 10.6 Å². The number of halogens is 5. The van der Waals surface area contributed by atoms with E-state index in [9.17, 15) is 17.6 Å². The predicted octanol–water partition coefficient (Wildman–Crippen LogP) is 4.61. The zero-order chi connectivity index (χ0) is 19.2. The van der Waals surface area contributed by atoms with Crippen LogP contribution in [0, 0.1) is 5.82 Å². The SMILES string of the molecule is Fc1ccc(C2(Cc3ncc(-c4nnc(C(F)(F)F)o4)cn3)CC2)cc1Cl. The van der Waals surface area contributed by atoms with E-state index in [0.717, 1.165) is 18.4 Å². The molecule has 0 aliphatic heterocycles. The first-order chi connectivity index (χ1) is 12.8. The van der Waals surface area contributed by atoms with Crippen molar-refractivity contribution in [3.05, 3.63) is 58.7 Å². The van der Waals surface area contributed by atoms with Crippen molar-refractivity contribution >= 4 is 11.6 Å². The van der Waals surface area contributed by atoms with Crippen LogP contribution in [0.4, 0.5) is 17.6 Å². The summed E-state index contributed by atoms with van der Waals surface area (Å²) in [6.07, 6.45) is 0.249. The minimum atomic E-state index is -4.71. The Morgan fingerprint density at radius 1 is 1.11 bits per heavy atom. The normalized spacial score (nSPS) is 15.7. The van der Waals surface area contributed by atoms with Crippen molar-refractivity contribution < 1.29 is 22.0 Å². The second-order valence-electron chi connectivity index (χ2n) is 6.38. The largest absolute Gasteiger partial charge is 0.470 e. The Bertz CT molecular complexity index is 983. The number of benzene rings is 1. The maximum atomic E-state index is 13.4. The van der Waals surface area contributed by atoms with Crippen LogP contribution in [-0.4, -0.2) is 20.2 Å². The molecule has 1 aliphatic rings. The average Bonchev–Trinajstić information content (AvgIpc) is 3.21. The number of aromatic nitrogens is 4. The standard InChI is InChI=1S/C17H11ClF4N4O/c18-11-5-10(1-2-12(11)19)16(3-4-16)6-13-23-7-9(8-24-13)14-25-26-15(27-14)17(20,21)22/h1-2,5,7-8H,3-4,6H2. The Balaban J connectivity index is 1.53. The summed E-state index contributed by atoms with van der Waals surface area (Å²) in [4.78, 5) is 8.38. The van der Waals surface area contributed by atoms with E-state index < -0.39 is 17.9 Å². The van der Waals surface area contributed by atoms with Gasteiger partial charge in [-0.1, -0.05) is 17.7 Å². The van der Waals surface area contributed by atoms with E-state index in [1.54, 1.807) is 12.1 Å². The van der Waals surface area contributed by atoms with Crippen LogP contribution in [0.5, 0.6) is 0 Å². The molecule has 0 N–H and O–H groups in total. The maximum absolute atomic E-state index is 13.4. The summed E-state index contributed by atoms with van der Waals surface area (Å²) in [6.45, 7) is 0. The zero-order valence-corrected chi connectivity index (χ0v) is 14.4. The lowest BCUT2D eigenvalue weighted by Crippen LogP contribution is -2.13. The fourth-order valence-corrected chi connectivity index (χ4v) is 3.04. The van der Waals surface area contributed by atoms with Gasteiger partial charge in [0, 0.05) is 24.2 Å². The minimum Gasteiger partial charge on any atom is -0.413 e. The van der Waals surface area contributed by atoms with Crippen molar-refractivity contribution in [2.24, 2.45) is 0 Å². The van der Waals surface area contributed by atoms with Crippen molar-refractivity contribution in [1.82, 2.24) is 20.2 Å². The molecule has 0 radical (unpaired) electrons. The van der Waals surface area contributed by atoms with Gasteiger partial charge in [-0.15, -0.1) is 10.2 Å². The summed E-state index contributed by atoms with van der Waals surface area (Å²) < 4.78 is 55.6. The van der Waals surface area contributed by atoms with Gasteiger partial charge in [0.1, 0.15) is 11.6 Å². The van der Waals surface area contributed by atoms with Crippen LogP contribution in [0.2, 0.25) is 5.02 Å². The molecule has 1 aliphatic carbocycles. The number of nitrogens with zero attached hydrogens (tertiary/aromatic N) is 4. The smallest absolute Gasteiger partial charge is 0.413 e. The Kier molecular flexibility index (Phi) is 4.14. The summed E-state index contributed by atoms with van der Waals surface area (Å²) in [6, 6.07) is 4.63. The first kappa shape index (κ1) is 17.8. The average molecular weight is 399 g/mol. The Labute approximate surface area is 155 Å². The van der Waals surface area contributed by atoms with Gasteiger partial charge in [0.15, 0.2) is 0 Å². The summed E-state index contributed by atoms with van der Waals surface area (Å²) >= 11 is 5.86. The van der Waals surface area contributed by atoms with Crippen molar-refractivity contribution in [2.45, 2.75) is 30.9 Å². The van der Waals surface area contributed by atoms with E-state index >= 15 is 0 Å². The number of hydrogen-bond acceptors (Lipinski definition) is 5. The summed E-state index contributed by atoms with van der Waals surface area (Å²) in [5, 5.41) is 6.40. The monoisotopic (exact) mass is 398 g/mol. The first-order valence-electron chi connectivity index (χ1n) is 7.94. The van der Waals surface area contributed by atoms with Gasteiger partial charge in [-0.05, 0) is 30.5 Å². The van der Waals surface area contributed by atoms with E-state index in [-0.39, 0.29) is 21.9 Å². The van der Waals surface area contributed by atoms with Crippen LogP contribution >= 0.6 is 11.6 Å². The molecule has 1 saturated carbocycles. The van der Waals surface area contributed by atoms with Crippen molar-refractivity contribution in [1.29, 1.82) is 0 Å². The summed E-state index contributed by atoms with van der Waals surface area (Å²) in [5.74, 6) is -1.70. The molecule has 4 rings (SSSR count). The van der Waals surface area contributed by atoms with Gasteiger partial charge in [-0.25, -0.2) is 14.4 Å². The maximum Gasteiger partial charge on any atom is 0.470 e. The quantitative estimate of drug-likeness (QED) is 0.600. The fourth-order valence-electron chi connectivity index (χ4n) is 2.86. The summed E-state index contributed by atoms with van der Waals surface area (Å²) in [5.41, 5.74) is 0.900. The molecule has 10 heteroatoms. The molecule has 0 atom stereocenters. The van der Waals surface area contributed by atoms with Gasteiger partial charge in [-0.3, -0.25) is 0 Å². The first-order valence-corrected chi connectivity index (χ1v) is 8.32. The van der Waals surface area contributed by atoms with Crippen LogP contribution in [0.25, 0.3) is 11.5 Å². The third-order valence-corrected chi connectivity index (χ3v) is 4.79. The second-order valence-corrected chi connectivity index (χ2v) is 6.79. The molecule has 0 unspecified atom stereocenters. The lowest BCUT2D eigenvalue weighted by atomic mass is 9.92. The molecule has 0 spiro atoms. The van der Waals surface area contributed by atoms with Gasteiger partial charge in [0.25, 0.3) is 5.89 Å². The van der Waals surface area contributed by atoms with Gasteiger partial charge < -0.3 is 4.42 Å². The molecule has 1 aromatic carbocycles. The minimum absolute atomic E-state index is 0.0619. The molecule has 27 heavy (non-hydrogen) atoms. The van der Waals surface area contributed by atoms with E-state index in [1.165, 1.54) is 18.5 Å². The van der Waals surface area contributed by atoms with Gasteiger partial charge in [0.2, 0.25) is 0 Å². The zero-order valence-electron chi connectivity index (χ0n) is 13.6. The molecule has 2 aromatic heterocycles. The van der Waals surface area contributed by atoms with Crippen LogP contribution in [0.3, 0.4) is 0 Å². The highest BCUT2D eigenvalue weighted by Crippen LogP contribution is 2.50. The van der Waals surface area contributed by atoms with E-state index in [2.05, 4.69) is 24.6 Å². The van der Waals surface area contributed by atoms with Gasteiger partial charge >= 0.3 is 12.1 Å². The van der Waals surface area contributed by atoms with Crippen LogP contribution in [0.15, 0.2) is 35.0 Å². The molecular formula is C17H11ClF4N4O. The highest BCUT2D eigenvalue weighted by atomic mass is 35.5. The van der Waals surface area contributed by atoms with Crippen molar-refractivity contribution in [2.75, 3.05) is 0 Å². The fraction of sp³-hybridized carbons (Fsp3) is 0.294. The lowest BCUT2D eigenvalue weighted by molar-refractivity contribution is -0.156.